The van der Waals surface area contributed by atoms with Crippen LogP contribution in [0.25, 0.3) is 0 Å². The van der Waals surface area contributed by atoms with Crippen molar-refractivity contribution >= 4 is 5.97 Å². The average Bonchev–Trinajstić information content (AvgIpc) is 2.35. The molecule has 3 nitrogen and oxygen atoms in total. The molecule has 0 aliphatic carbocycles. The molecule has 0 aromatic rings. The predicted molar refractivity (Wildman–Crippen MR) is 65.9 cm³/mol. The minimum Gasteiger partial charge on any atom is -0.459 e. The first-order valence-corrected chi connectivity index (χ1v) is 6.57. The van der Waals surface area contributed by atoms with Gasteiger partial charge in [0, 0.05) is 6.61 Å². The summed E-state index contributed by atoms with van der Waals surface area (Å²) in [7, 11) is 0. The Bertz CT molecular complexity index is 293. The number of aliphatic hydroxyl groups is 1. The number of aliphatic hydroxyl groups excluding tert-OH is 1. The van der Waals surface area contributed by atoms with Crippen LogP contribution in [0.1, 0.15) is 46.0 Å². The molecule has 0 saturated heterocycles. The van der Waals surface area contributed by atoms with E-state index in [-0.39, 0.29) is 6.61 Å². The van der Waals surface area contributed by atoms with Crippen LogP contribution >= 0.6 is 0 Å². The van der Waals surface area contributed by atoms with Crippen LogP contribution in [-0.2, 0) is 9.53 Å². The molecule has 0 radical (unpaired) electrons. The molecule has 120 valence electrons. The van der Waals surface area contributed by atoms with Gasteiger partial charge in [-0.25, -0.2) is 8.78 Å². The highest BCUT2D eigenvalue weighted by Crippen LogP contribution is 2.28. The fourth-order valence-corrected chi connectivity index (χ4v) is 1.55. The Hall–Kier alpha value is -0.850. The van der Waals surface area contributed by atoms with Gasteiger partial charge in [0.05, 0.1) is 5.41 Å². The van der Waals surface area contributed by atoms with E-state index in [0.717, 1.165) is 12.8 Å². The molecule has 20 heavy (non-hydrogen) atoms. The lowest BCUT2D eigenvalue weighted by Crippen LogP contribution is -2.36. The highest BCUT2D eigenvalue weighted by Gasteiger charge is 2.43. The standard InChI is InChI=1S/C13H22F4O3/c1-12(2,7-5-3-4-6-8-18)11(19)20-9-13(16,17)10(14)15/h10,18H,3-9H2,1-2H3. The van der Waals surface area contributed by atoms with Crippen molar-refractivity contribution in [3.05, 3.63) is 0 Å². The van der Waals surface area contributed by atoms with E-state index in [1.54, 1.807) is 0 Å². The summed E-state index contributed by atoms with van der Waals surface area (Å²) in [5.74, 6) is -5.22. The molecule has 0 atom stereocenters. The third-order valence-corrected chi connectivity index (χ3v) is 2.98. The van der Waals surface area contributed by atoms with Crippen LogP contribution in [0.3, 0.4) is 0 Å². The number of halogens is 4. The smallest absolute Gasteiger partial charge is 0.340 e. The number of alkyl halides is 4. The molecule has 0 aliphatic heterocycles. The minimum absolute atomic E-state index is 0.105. The zero-order valence-corrected chi connectivity index (χ0v) is 11.8. The lowest BCUT2D eigenvalue weighted by molar-refractivity contribution is -0.186. The van der Waals surface area contributed by atoms with Crippen molar-refractivity contribution < 1.29 is 32.2 Å². The van der Waals surface area contributed by atoms with E-state index >= 15 is 0 Å². The second-order valence-electron chi connectivity index (χ2n) is 5.41. The summed E-state index contributed by atoms with van der Waals surface area (Å²) >= 11 is 0. The molecule has 0 spiro atoms. The van der Waals surface area contributed by atoms with Crippen molar-refractivity contribution in [2.45, 2.75) is 58.3 Å². The summed E-state index contributed by atoms with van der Waals surface area (Å²) in [6.07, 6.45) is -0.483. The normalized spacial score (nSPS) is 12.8. The number of carbonyl (C=O) groups is 1. The monoisotopic (exact) mass is 302 g/mol. The van der Waals surface area contributed by atoms with Crippen molar-refractivity contribution in [3.63, 3.8) is 0 Å². The summed E-state index contributed by atoms with van der Waals surface area (Å²) in [4.78, 5) is 11.6. The molecule has 1 N–H and O–H groups in total. The summed E-state index contributed by atoms with van der Waals surface area (Å²) in [5, 5.41) is 8.60. The third kappa shape index (κ3) is 7.07. The van der Waals surface area contributed by atoms with Gasteiger partial charge in [0.2, 0.25) is 0 Å². The van der Waals surface area contributed by atoms with Crippen molar-refractivity contribution in [2.24, 2.45) is 5.41 Å². The highest BCUT2D eigenvalue weighted by atomic mass is 19.3. The van der Waals surface area contributed by atoms with Crippen LogP contribution in [0.5, 0.6) is 0 Å². The molecule has 0 aromatic heterocycles. The third-order valence-electron chi connectivity index (χ3n) is 2.98. The van der Waals surface area contributed by atoms with E-state index in [9.17, 15) is 22.4 Å². The van der Waals surface area contributed by atoms with Crippen molar-refractivity contribution in [1.29, 1.82) is 0 Å². The molecule has 0 aliphatic rings. The Morgan fingerprint density at radius 2 is 1.70 bits per heavy atom. The Balaban J connectivity index is 4.11. The molecule has 0 amide bonds. The van der Waals surface area contributed by atoms with Gasteiger partial charge in [0.1, 0.15) is 0 Å². The molecule has 0 heterocycles. The van der Waals surface area contributed by atoms with Crippen LogP contribution in [0.15, 0.2) is 0 Å². The van der Waals surface area contributed by atoms with Gasteiger partial charge in [-0.1, -0.05) is 19.3 Å². The van der Waals surface area contributed by atoms with Crippen LogP contribution in [-0.4, -0.2) is 36.6 Å². The maximum atomic E-state index is 12.6. The molecular formula is C13H22F4O3. The van der Waals surface area contributed by atoms with E-state index in [4.69, 9.17) is 5.11 Å². The maximum absolute atomic E-state index is 12.6. The van der Waals surface area contributed by atoms with E-state index in [1.807, 2.05) is 0 Å². The Morgan fingerprint density at radius 3 is 2.20 bits per heavy atom. The Kier molecular flexibility index (Phi) is 8.08. The molecular weight excluding hydrogens is 280 g/mol. The van der Waals surface area contributed by atoms with Gasteiger partial charge >= 0.3 is 18.3 Å². The minimum atomic E-state index is -4.31. The Morgan fingerprint density at radius 1 is 1.15 bits per heavy atom. The van der Waals surface area contributed by atoms with Crippen LogP contribution in [0.2, 0.25) is 0 Å². The average molecular weight is 302 g/mol. The fourth-order valence-electron chi connectivity index (χ4n) is 1.55. The molecule has 0 bridgehead atoms. The number of ether oxygens (including phenoxy) is 1. The van der Waals surface area contributed by atoms with Gasteiger partial charge < -0.3 is 9.84 Å². The second kappa shape index (κ2) is 8.44. The van der Waals surface area contributed by atoms with Crippen molar-refractivity contribution in [1.82, 2.24) is 0 Å². The maximum Gasteiger partial charge on any atom is 0.340 e. The number of hydrogen-bond donors (Lipinski definition) is 1. The van der Waals surface area contributed by atoms with E-state index in [0.29, 0.717) is 19.3 Å². The predicted octanol–water partition coefficient (Wildman–Crippen LogP) is 3.40. The molecule has 0 unspecified atom stereocenters. The number of unbranched alkanes of at least 4 members (excludes halogenated alkanes) is 3. The first-order chi connectivity index (χ1) is 9.13. The summed E-state index contributed by atoms with van der Waals surface area (Å²) in [6, 6.07) is 0. The zero-order valence-electron chi connectivity index (χ0n) is 11.8. The SMILES string of the molecule is CC(C)(CCCCCCO)C(=O)OCC(F)(F)C(F)F. The number of rotatable bonds is 10. The summed E-state index contributed by atoms with van der Waals surface area (Å²) in [6.45, 7) is 1.56. The van der Waals surface area contributed by atoms with Gasteiger partial charge in [-0.05, 0) is 26.7 Å². The first kappa shape index (κ1) is 19.1. The zero-order chi connectivity index (χ0) is 15.8. The van der Waals surface area contributed by atoms with E-state index in [2.05, 4.69) is 4.74 Å². The topological polar surface area (TPSA) is 46.5 Å². The quantitative estimate of drug-likeness (QED) is 0.382. The fraction of sp³-hybridized carbons (Fsp3) is 0.923. The van der Waals surface area contributed by atoms with Gasteiger partial charge in [0.15, 0.2) is 6.61 Å². The van der Waals surface area contributed by atoms with Crippen LogP contribution < -0.4 is 0 Å². The van der Waals surface area contributed by atoms with Gasteiger partial charge in [-0.2, -0.15) is 8.78 Å². The molecule has 0 fully saturated rings. The van der Waals surface area contributed by atoms with Gasteiger partial charge in [0.25, 0.3) is 0 Å². The molecule has 0 rings (SSSR count). The van der Waals surface area contributed by atoms with E-state index in [1.165, 1.54) is 13.8 Å². The molecule has 7 heteroatoms. The number of hydrogen-bond acceptors (Lipinski definition) is 3. The number of carbonyl (C=O) groups excluding carboxylic acids is 1. The van der Waals surface area contributed by atoms with Crippen molar-refractivity contribution in [2.75, 3.05) is 13.2 Å². The van der Waals surface area contributed by atoms with Gasteiger partial charge in [-0.3, -0.25) is 4.79 Å². The number of esters is 1. The Labute approximate surface area is 116 Å². The van der Waals surface area contributed by atoms with Crippen LogP contribution in [0, 0.1) is 5.41 Å². The first-order valence-electron chi connectivity index (χ1n) is 6.57. The highest BCUT2D eigenvalue weighted by molar-refractivity contribution is 5.75. The largest absolute Gasteiger partial charge is 0.459 e. The van der Waals surface area contributed by atoms with Crippen LogP contribution in [0.4, 0.5) is 17.6 Å². The van der Waals surface area contributed by atoms with Crippen molar-refractivity contribution in [3.8, 4) is 0 Å². The second-order valence-corrected chi connectivity index (χ2v) is 5.41. The summed E-state index contributed by atoms with van der Waals surface area (Å²) < 4.78 is 53.4. The van der Waals surface area contributed by atoms with E-state index < -0.39 is 30.3 Å². The van der Waals surface area contributed by atoms with Gasteiger partial charge in [-0.15, -0.1) is 0 Å². The lowest BCUT2D eigenvalue weighted by Gasteiger charge is -2.24. The summed E-state index contributed by atoms with van der Waals surface area (Å²) in [5.41, 5.74) is -0.989. The molecule has 0 aromatic carbocycles. The lowest BCUT2D eigenvalue weighted by atomic mass is 9.87. The molecule has 0 saturated carbocycles.